The number of anilines is 1. The van der Waals surface area contributed by atoms with Gasteiger partial charge in [0.2, 0.25) is 5.91 Å². The molecule has 168 valence electrons. The number of aromatic nitrogens is 1. The Kier molecular flexibility index (Phi) is 6.10. The minimum Gasteiger partial charge on any atom is -0.494 e. The van der Waals surface area contributed by atoms with Crippen molar-refractivity contribution < 1.29 is 9.90 Å². The molecule has 0 aliphatic heterocycles. The molecule has 0 saturated carbocycles. The number of hydrogen-bond acceptors (Lipinski definition) is 4. The van der Waals surface area contributed by atoms with Crippen LogP contribution in [-0.2, 0) is 4.79 Å². The highest BCUT2D eigenvalue weighted by molar-refractivity contribution is 9.10. The zero-order chi connectivity index (χ0) is 23.8. The van der Waals surface area contributed by atoms with Gasteiger partial charge in [0.15, 0.2) is 5.88 Å². The molecule has 7 heteroatoms. The van der Waals surface area contributed by atoms with Crippen molar-refractivity contribution in [2.45, 2.75) is 19.4 Å². The number of carbonyl (C=O) groups is 1. The zero-order valence-electron chi connectivity index (χ0n) is 18.6. The molecule has 0 radical (unpaired) electrons. The van der Waals surface area contributed by atoms with Gasteiger partial charge in [0, 0.05) is 28.2 Å². The van der Waals surface area contributed by atoms with Crippen molar-refractivity contribution >= 4 is 49.8 Å². The number of fused-ring (bicyclic) bond motifs is 1. The van der Waals surface area contributed by atoms with Crippen LogP contribution in [0.4, 0.5) is 11.4 Å². The second kappa shape index (κ2) is 8.84. The van der Waals surface area contributed by atoms with E-state index in [9.17, 15) is 9.90 Å². The van der Waals surface area contributed by atoms with E-state index < -0.39 is 5.54 Å². The number of likely N-dealkylation sites (N-methyl/N-ethyl adjacent to an activating group) is 1. The molecule has 0 fully saturated rings. The van der Waals surface area contributed by atoms with Crippen molar-refractivity contribution in [3.05, 3.63) is 88.4 Å². The van der Waals surface area contributed by atoms with Gasteiger partial charge in [-0.15, -0.1) is 0 Å². The molecule has 0 bridgehead atoms. The Morgan fingerprint density at radius 1 is 1.06 bits per heavy atom. The Bertz CT molecular complexity index is 1350. The first-order valence-electron chi connectivity index (χ1n) is 10.5. The summed E-state index contributed by atoms with van der Waals surface area (Å²) in [6.07, 6.45) is 0. The first-order chi connectivity index (χ1) is 15.6. The van der Waals surface area contributed by atoms with Gasteiger partial charge in [-0.3, -0.25) is 4.79 Å². The number of halogens is 1. The van der Waals surface area contributed by atoms with Crippen molar-refractivity contribution in [3.63, 3.8) is 0 Å². The Labute approximate surface area is 200 Å². The Morgan fingerprint density at radius 2 is 1.79 bits per heavy atom. The van der Waals surface area contributed by atoms with Crippen LogP contribution in [0.3, 0.4) is 0 Å². The summed E-state index contributed by atoms with van der Waals surface area (Å²) in [5.74, 6) is -0.161. The Morgan fingerprint density at radius 3 is 2.48 bits per heavy atom. The quantitative estimate of drug-likeness (QED) is 0.313. The van der Waals surface area contributed by atoms with Gasteiger partial charge in [0.1, 0.15) is 0 Å². The summed E-state index contributed by atoms with van der Waals surface area (Å²) >= 11 is 3.48. The highest BCUT2D eigenvalue weighted by Gasteiger charge is 2.26. The third-order valence-electron chi connectivity index (χ3n) is 5.34. The third-order valence-corrected chi connectivity index (χ3v) is 5.83. The maximum atomic E-state index is 12.6. The van der Waals surface area contributed by atoms with Gasteiger partial charge in [0.05, 0.1) is 28.0 Å². The highest BCUT2D eigenvalue weighted by atomic mass is 79.9. The van der Waals surface area contributed by atoms with Crippen LogP contribution in [0.15, 0.2) is 82.3 Å². The number of benzene rings is 3. The van der Waals surface area contributed by atoms with Crippen molar-refractivity contribution in [3.8, 4) is 5.88 Å². The van der Waals surface area contributed by atoms with Crippen LogP contribution in [0.1, 0.15) is 25.0 Å². The molecular formula is C26H25BrN4O2. The normalized spacial score (nSPS) is 12.2. The topological polar surface area (TPSA) is 94.7 Å². The number of aromatic hydroxyl groups is 1. The van der Waals surface area contributed by atoms with E-state index >= 15 is 0 Å². The summed E-state index contributed by atoms with van der Waals surface area (Å²) in [6.45, 7) is 3.36. The van der Waals surface area contributed by atoms with Crippen LogP contribution in [0.25, 0.3) is 10.9 Å². The van der Waals surface area contributed by atoms with Crippen LogP contribution >= 0.6 is 15.9 Å². The molecule has 6 nitrogen and oxygen atoms in total. The highest BCUT2D eigenvalue weighted by Crippen LogP contribution is 2.33. The molecular weight excluding hydrogens is 480 g/mol. The first kappa shape index (κ1) is 22.8. The summed E-state index contributed by atoms with van der Waals surface area (Å²) < 4.78 is 0.907. The monoisotopic (exact) mass is 504 g/mol. The second-order valence-electron chi connectivity index (χ2n) is 8.47. The number of aliphatic imine (C=N–C) groups is 1. The fourth-order valence-corrected chi connectivity index (χ4v) is 4.07. The minimum absolute atomic E-state index is 0.0408. The number of aromatic amines is 1. The average Bonchev–Trinajstić information content (AvgIpc) is 3.11. The van der Waals surface area contributed by atoms with E-state index in [0.29, 0.717) is 22.6 Å². The van der Waals surface area contributed by atoms with Gasteiger partial charge in [-0.05, 0) is 44.2 Å². The minimum atomic E-state index is -0.993. The second-order valence-corrected chi connectivity index (χ2v) is 9.39. The van der Waals surface area contributed by atoms with Gasteiger partial charge in [-0.1, -0.05) is 58.4 Å². The summed E-state index contributed by atoms with van der Waals surface area (Å²) in [5.41, 5.74) is 9.22. The van der Waals surface area contributed by atoms with E-state index in [4.69, 9.17) is 10.7 Å². The first-order valence-corrected chi connectivity index (χ1v) is 11.3. The fraction of sp³-hybridized carbons (Fsp3) is 0.154. The van der Waals surface area contributed by atoms with Crippen molar-refractivity contribution in [2.75, 3.05) is 11.9 Å². The van der Waals surface area contributed by atoms with E-state index in [1.165, 1.54) is 4.90 Å². The molecule has 1 heterocycles. The van der Waals surface area contributed by atoms with Crippen LogP contribution in [0.2, 0.25) is 0 Å². The smallest absolute Gasteiger partial charge is 0.246 e. The summed E-state index contributed by atoms with van der Waals surface area (Å²) in [6, 6.07) is 22.8. The molecule has 33 heavy (non-hydrogen) atoms. The Balaban J connectivity index is 1.87. The number of H-pyrrole nitrogens is 1. The number of hydrogen-bond donors (Lipinski definition) is 3. The van der Waals surface area contributed by atoms with Gasteiger partial charge < -0.3 is 20.7 Å². The largest absolute Gasteiger partial charge is 0.494 e. The van der Waals surface area contributed by atoms with E-state index in [1.54, 1.807) is 20.9 Å². The van der Waals surface area contributed by atoms with Crippen LogP contribution in [-0.4, -0.2) is 34.3 Å². The number of nitrogens with two attached hydrogens (primary N) is 1. The molecule has 4 rings (SSSR count). The Hall–Kier alpha value is -3.42. The molecule has 0 atom stereocenters. The molecule has 4 N–H and O–H groups in total. The molecule has 0 aliphatic rings. The standard InChI is InChI=1S/C26H25BrN4O2/c1-26(2,28)25(33)31(3)19-11-7-10-18(15-19)29-23(16-8-5-4-6-9-16)22-20-13-12-17(27)14-21(20)30-24(22)32/h4-15,30,32H,28H2,1-3H3. The fourth-order valence-electron chi connectivity index (χ4n) is 3.71. The maximum Gasteiger partial charge on any atom is 0.246 e. The number of amides is 1. The molecule has 0 spiro atoms. The summed E-state index contributed by atoms with van der Waals surface area (Å²) in [4.78, 5) is 22.1. The van der Waals surface area contributed by atoms with E-state index in [1.807, 2.05) is 72.8 Å². The SMILES string of the molecule is CN(C(=O)C(C)(C)N)c1cccc(N=C(c2ccccc2)c2c(O)[nH]c3cc(Br)ccc23)c1. The average molecular weight is 505 g/mol. The van der Waals surface area contributed by atoms with Gasteiger partial charge >= 0.3 is 0 Å². The summed E-state index contributed by atoms with van der Waals surface area (Å²) in [5, 5.41) is 11.7. The predicted molar refractivity (Wildman–Crippen MR) is 138 cm³/mol. The van der Waals surface area contributed by atoms with Crippen LogP contribution in [0, 0.1) is 0 Å². The zero-order valence-corrected chi connectivity index (χ0v) is 20.2. The van der Waals surface area contributed by atoms with Gasteiger partial charge in [0.25, 0.3) is 0 Å². The molecule has 0 aliphatic carbocycles. The predicted octanol–water partition coefficient (Wildman–Crippen LogP) is 5.51. The molecule has 3 aromatic carbocycles. The lowest BCUT2D eigenvalue weighted by Gasteiger charge is -2.26. The van der Waals surface area contributed by atoms with Crippen LogP contribution in [0.5, 0.6) is 5.88 Å². The summed E-state index contributed by atoms with van der Waals surface area (Å²) in [7, 11) is 1.70. The molecule has 1 amide bonds. The van der Waals surface area contributed by atoms with E-state index in [2.05, 4.69) is 20.9 Å². The lowest BCUT2D eigenvalue weighted by molar-refractivity contribution is -0.122. The van der Waals surface area contributed by atoms with E-state index in [-0.39, 0.29) is 11.8 Å². The molecule has 0 saturated heterocycles. The van der Waals surface area contributed by atoms with Crippen molar-refractivity contribution in [1.29, 1.82) is 0 Å². The molecule has 0 unspecified atom stereocenters. The number of carbonyl (C=O) groups excluding carboxylic acids is 1. The number of nitrogens with zero attached hydrogens (tertiary/aromatic N) is 2. The lowest BCUT2D eigenvalue weighted by Crippen LogP contribution is -2.49. The third kappa shape index (κ3) is 4.69. The maximum absolute atomic E-state index is 12.6. The number of rotatable bonds is 5. The van der Waals surface area contributed by atoms with Gasteiger partial charge in [-0.2, -0.15) is 0 Å². The van der Waals surface area contributed by atoms with Crippen molar-refractivity contribution in [1.82, 2.24) is 4.98 Å². The molecule has 1 aromatic heterocycles. The van der Waals surface area contributed by atoms with Crippen LogP contribution < -0.4 is 10.6 Å². The van der Waals surface area contributed by atoms with Gasteiger partial charge in [-0.25, -0.2) is 4.99 Å². The number of nitrogens with one attached hydrogen (secondary N) is 1. The lowest BCUT2D eigenvalue weighted by atomic mass is 10.0. The molecule has 4 aromatic rings. The van der Waals surface area contributed by atoms with Crippen molar-refractivity contribution in [2.24, 2.45) is 10.7 Å². The van der Waals surface area contributed by atoms with E-state index in [0.717, 1.165) is 20.9 Å².